The second-order valence-electron chi connectivity index (χ2n) is 4.93. The van der Waals surface area contributed by atoms with Crippen molar-refractivity contribution in [1.82, 2.24) is 10.2 Å². The summed E-state index contributed by atoms with van der Waals surface area (Å²) in [6.45, 7) is 3.30. The second-order valence-corrected chi connectivity index (χ2v) is 5.79. The molecule has 0 heterocycles. The number of benzene rings is 1. The highest BCUT2D eigenvalue weighted by atomic mass is 79.9. The van der Waals surface area contributed by atoms with E-state index in [4.69, 9.17) is 4.74 Å². The van der Waals surface area contributed by atoms with E-state index in [9.17, 15) is 5.11 Å². The van der Waals surface area contributed by atoms with Gasteiger partial charge in [-0.05, 0) is 38.7 Å². The molecule has 0 aromatic heterocycles. The Morgan fingerprint density at radius 1 is 1.42 bits per heavy atom. The van der Waals surface area contributed by atoms with Gasteiger partial charge in [0.15, 0.2) is 0 Å². The molecule has 4 nitrogen and oxygen atoms in total. The van der Waals surface area contributed by atoms with E-state index >= 15 is 0 Å². The molecule has 0 bridgehead atoms. The first kappa shape index (κ1) is 16.4. The first-order chi connectivity index (χ1) is 8.93. The standard InChI is InChI=1S/C14H23BrN2O2/c1-10(16-8-11(18)9-17(2)3)13-6-5-12(19-4)7-14(13)15/h5-7,10-11,16,18H,8-9H2,1-4H3. The lowest BCUT2D eigenvalue weighted by atomic mass is 10.1. The molecule has 0 aliphatic heterocycles. The fourth-order valence-corrected chi connectivity index (χ4v) is 2.60. The number of methoxy groups -OCH3 is 1. The number of hydrogen-bond donors (Lipinski definition) is 2. The van der Waals surface area contributed by atoms with Gasteiger partial charge in [0.2, 0.25) is 0 Å². The van der Waals surface area contributed by atoms with Gasteiger partial charge < -0.3 is 20.1 Å². The van der Waals surface area contributed by atoms with Crippen molar-refractivity contribution in [2.24, 2.45) is 0 Å². The van der Waals surface area contributed by atoms with Gasteiger partial charge in [0.25, 0.3) is 0 Å². The molecule has 5 heteroatoms. The molecular weight excluding hydrogens is 308 g/mol. The maximum absolute atomic E-state index is 9.83. The zero-order chi connectivity index (χ0) is 14.4. The highest BCUT2D eigenvalue weighted by molar-refractivity contribution is 9.10. The molecule has 1 rings (SSSR count). The molecule has 108 valence electrons. The number of ether oxygens (including phenoxy) is 1. The van der Waals surface area contributed by atoms with Crippen LogP contribution in [0.15, 0.2) is 22.7 Å². The van der Waals surface area contributed by atoms with Crippen LogP contribution in [0.5, 0.6) is 5.75 Å². The number of nitrogens with one attached hydrogen (secondary N) is 1. The molecule has 1 aromatic carbocycles. The number of aliphatic hydroxyl groups is 1. The maximum Gasteiger partial charge on any atom is 0.120 e. The molecule has 0 amide bonds. The third-order valence-corrected chi connectivity index (χ3v) is 3.60. The Morgan fingerprint density at radius 3 is 2.63 bits per heavy atom. The van der Waals surface area contributed by atoms with Crippen molar-refractivity contribution in [2.45, 2.75) is 19.1 Å². The predicted octanol–water partition coefficient (Wildman–Crippen LogP) is 2.03. The van der Waals surface area contributed by atoms with Crippen molar-refractivity contribution < 1.29 is 9.84 Å². The lowest BCUT2D eigenvalue weighted by molar-refractivity contribution is 0.132. The summed E-state index contributed by atoms with van der Waals surface area (Å²) in [5.74, 6) is 0.829. The van der Waals surface area contributed by atoms with Crippen molar-refractivity contribution in [3.8, 4) is 5.75 Å². The van der Waals surface area contributed by atoms with Crippen LogP contribution in [0.4, 0.5) is 0 Å². The van der Waals surface area contributed by atoms with Crippen LogP contribution < -0.4 is 10.1 Å². The third kappa shape index (κ3) is 5.48. The summed E-state index contributed by atoms with van der Waals surface area (Å²) >= 11 is 3.55. The summed E-state index contributed by atoms with van der Waals surface area (Å²) < 4.78 is 6.18. The van der Waals surface area contributed by atoms with Gasteiger partial charge >= 0.3 is 0 Å². The average Bonchev–Trinajstić information content (AvgIpc) is 2.35. The average molecular weight is 331 g/mol. The lowest BCUT2D eigenvalue weighted by Crippen LogP contribution is -2.36. The Labute approximate surface area is 123 Å². The number of halogens is 1. The van der Waals surface area contributed by atoms with Gasteiger partial charge in [0.05, 0.1) is 13.2 Å². The summed E-state index contributed by atoms with van der Waals surface area (Å²) in [5, 5.41) is 13.2. The van der Waals surface area contributed by atoms with E-state index in [0.717, 1.165) is 15.8 Å². The van der Waals surface area contributed by atoms with E-state index in [2.05, 4.69) is 28.2 Å². The fraction of sp³-hybridized carbons (Fsp3) is 0.571. The van der Waals surface area contributed by atoms with Gasteiger partial charge in [0, 0.05) is 23.6 Å². The molecule has 2 unspecified atom stereocenters. The smallest absolute Gasteiger partial charge is 0.120 e. The Hall–Kier alpha value is -0.620. The van der Waals surface area contributed by atoms with Crippen LogP contribution >= 0.6 is 15.9 Å². The van der Waals surface area contributed by atoms with Crippen molar-refractivity contribution in [2.75, 3.05) is 34.3 Å². The Bertz CT molecular complexity index is 399. The zero-order valence-corrected chi connectivity index (χ0v) is 13.6. The first-order valence-corrected chi connectivity index (χ1v) is 7.13. The van der Waals surface area contributed by atoms with Crippen LogP contribution in [-0.4, -0.2) is 50.4 Å². The Balaban J connectivity index is 2.56. The quantitative estimate of drug-likeness (QED) is 0.803. The first-order valence-electron chi connectivity index (χ1n) is 6.33. The number of likely N-dealkylation sites (N-methyl/N-ethyl adjacent to an activating group) is 1. The summed E-state index contributed by atoms with van der Waals surface area (Å²) in [7, 11) is 5.56. The molecule has 0 spiro atoms. The minimum Gasteiger partial charge on any atom is -0.497 e. The van der Waals surface area contributed by atoms with Crippen molar-refractivity contribution >= 4 is 15.9 Å². The number of nitrogens with zero attached hydrogens (tertiary/aromatic N) is 1. The van der Waals surface area contributed by atoms with Crippen LogP contribution in [0.1, 0.15) is 18.5 Å². The number of aliphatic hydroxyl groups excluding tert-OH is 1. The minimum absolute atomic E-state index is 0.164. The molecule has 0 aliphatic rings. The summed E-state index contributed by atoms with van der Waals surface area (Å²) in [6, 6.07) is 6.08. The van der Waals surface area contributed by atoms with Gasteiger partial charge in [-0.3, -0.25) is 0 Å². The molecule has 0 saturated carbocycles. The van der Waals surface area contributed by atoms with Crippen LogP contribution in [0, 0.1) is 0 Å². The number of hydrogen-bond acceptors (Lipinski definition) is 4. The van der Waals surface area contributed by atoms with Crippen LogP contribution in [0.25, 0.3) is 0 Å². The fourth-order valence-electron chi connectivity index (χ4n) is 1.89. The van der Waals surface area contributed by atoms with E-state index in [1.807, 2.05) is 37.2 Å². The molecule has 2 atom stereocenters. The highest BCUT2D eigenvalue weighted by Gasteiger charge is 2.12. The molecular formula is C14H23BrN2O2. The topological polar surface area (TPSA) is 44.7 Å². The van der Waals surface area contributed by atoms with Crippen molar-refractivity contribution in [3.63, 3.8) is 0 Å². The maximum atomic E-state index is 9.83. The zero-order valence-electron chi connectivity index (χ0n) is 12.0. The monoisotopic (exact) mass is 330 g/mol. The van der Waals surface area contributed by atoms with Gasteiger partial charge in [-0.15, -0.1) is 0 Å². The van der Waals surface area contributed by atoms with Gasteiger partial charge in [-0.25, -0.2) is 0 Å². The predicted molar refractivity (Wildman–Crippen MR) is 81.7 cm³/mol. The van der Waals surface area contributed by atoms with Crippen molar-refractivity contribution in [3.05, 3.63) is 28.2 Å². The van der Waals surface area contributed by atoms with Crippen molar-refractivity contribution in [1.29, 1.82) is 0 Å². The summed E-state index contributed by atoms with van der Waals surface area (Å²) in [4.78, 5) is 1.97. The van der Waals surface area contributed by atoms with Gasteiger partial charge in [-0.2, -0.15) is 0 Å². The molecule has 0 saturated heterocycles. The minimum atomic E-state index is -0.366. The summed E-state index contributed by atoms with van der Waals surface area (Å²) in [5.41, 5.74) is 1.15. The largest absolute Gasteiger partial charge is 0.497 e. The van der Waals surface area contributed by atoms with E-state index < -0.39 is 0 Å². The van der Waals surface area contributed by atoms with Crippen LogP contribution in [-0.2, 0) is 0 Å². The lowest BCUT2D eigenvalue weighted by Gasteiger charge is -2.21. The molecule has 19 heavy (non-hydrogen) atoms. The Morgan fingerprint density at radius 2 is 2.11 bits per heavy atom. The van der Waals surface area contributed by atoms with Crippen LogP contribution in [0.3, 0.4) is 0 Å². The number of rotatable bonds is 7. The van der Waals surface area contributed by atoms with Crippen LogP contribution in [0.2, 0.25) is 0 Å². The molecule has 1 aromatic rings. The Kier molecular flexibility index (Phi) is 6.79. The molecule has 0 fully saturated rings. The highest BCUT2D eigenvalue weighted by Crippen LogP contribution is 2.27. The molecule has 0 radical (unpaired) electrons. The molecule has 2 N–H and O–H groups in total. The van der Waals surface area contributed by atoms with E-state index in [0.29, 0.717) is 13.1 Å². The second kappa shape index (κ2) is 7.85. The normalized spacial score (nSPS) is 14.5. The van der Waals surface area contributed by atoms with E-state index in [1.165, 1.54) is 0 Å². The van der Waals surface area contributed by atoms with E-state index in [1.54, 1.807) is 7.11 Å². The van der Waals surface area contributed by atoms with E-state index in [-0.39, 0.29) is 12.1 Å². The summed E-state index contributed by atoms with van der Waals surface area (Å²) in [6.07, 6.45) is -0.366. The van der Waals surface area contributed by atoms with Gasteiger partial charge in [0.1, 0.15) is 5.75 Å². The SMILES string of the molecule is COc1ccc(C(C)NCC(O)CN(C)C)c(Br)c1. The molecule has 0 aliphatic carbocycles. The van der Waals surface area contributed by atoms with Gasteiger partial charge in [-0.1, -0.05) is 22.0 Å². The third-order valence-electron chi connectivity index (χ3n) is 2.91.